The Labute approximate surface area is 118 Å². The second-order valence-electron chi connectivity index (χ2n) is 5.76. The van der Waals surface area contributed by atoms with Crippen molar-refractivity contribution < 1.29 is 4.39 Å². The summed E-state index contributed by atoms with van der Waals surface area (Å²) in [5.41, 5.74) is 2.07. The molecule has 2 heterocycles. The molecule has 0 aliphatic heterocycles. The number of anilines is 1. The molecule has 0 atom stereocenters. The molecule has 0 aliphatic carbocycles. The summed E-state index contributed by atoms with van der Waals surface area (Å²) in [6.45, 7) is 8.05. The fourth-order valence-corrected chi connectivity index (χ4v) is 1.92. The van der Waals surface area contributed by atoms with Gasteiger partial charge in [0.1, 0.15) is 17.5 Å². The van der Waals surface area contributed by atoms with Gasteiger partial charge in [-0.25, -0.2) is 14.4 Å². The van der Waals surface area contributed by atoms with Gasteiger partial charge in [0.05, 0.1) is 11.9 Å². The van der Waals surface area contributed by atoms with Crippen molar-refractivity contribution in [1.82, 2.24) is 15.0 Å². The molecule has 0 aliphatic rings. The fraction of sp³-hybridized carbons (Fsp3) is 0.400. The lowest BCUT2D eigenvalue weighted by molar-refractivity contribution is 0.546. The highest BCUT2D eigenvalue weighted by molar-refractivity contribution is 5.67. The van der Waals surface area contributed by atoms with Crippen LogP contribution in [0, 0.1) is 12.7 Å². The van der Waals surface area contributed by atoms with Crippen LogP contribution in [-0.4, -0.2) is 22.0 Å². The molecule has 0 unspecified atom stereocenters. The van der Waals surface area contributed by atoms with Crippen LogP contribution in [0.4, 0.5) is 10.2 Å². The maximum Gasteiger partial charge on any atom is 0.142 e. The van der Waals surface area contributed by atoms with Gasteiger partial charge in [-0.3, -0.25) is 4.98 Å². The molecule has 4 nitrogen and oxygen atoms in total. The van der Waals surface area contributed by atoms with Gasteiger partial charge in [0, 0.05) is 29.8 Å². The van der Waals surface area contributed by atoms with Crippen molar-refractivity contribution >= 4 is 5.82 Å². The van der Waals surface area contributed by atoms with Crippen molar-refractivity contribution in [2.45, 2.75) is 33.1 Å². The molecule has 1 N–H and O–H groups in total. The summed E-state index contributed by atoms with van der Waals surface area (Å²) in [7, 11) is 1.81. The summed E-state index contributed by atoms with van der Waals surface area (Å²) in [5, 5.41) is 3.07. The van der Waals surface area contributed by atoms with Crippen LogP contribution in [0.1, 0.15) is 32.2 Å². The first-order valence-corrected chi connectivity index (χ1v) is 6.50. The van der Waals surface area contributed by atoms with Crippen molar-refractivity contribution in [2.75, 3.05) is 12.4 Å². The van der Waals surface area contributed by atoms with Crippen molar-refractivity contribution in [3.05, 3.63) is 35.7 Å². The van der Waals surface area contributed by atoms with E-state index in [0.29, 0.717) is 17.1 Å². The van der Waals surface area contributed by atoms with Crippen LogP contribution >= 0.6 is 0 Å². The lowest BCUT2D eigenvalue weighted by atomic mass is 9.95. The third kappa shape index (κ3) is 2.76. The van der Waals surface area contributed by atoms with Crippen LogP contribution in [0.5, 0.6) is 0 Å². The first-order chi connectivity index (χ1) is 9.32. The van der Waals surface area contributed by atoms with Gasteiger partial charge >= 0.3 is 0 Å². The summed E-state index contributed by atoms with van der Waals surface area (Å²) >= 11 is 0. The molecule has 0 radical (unpaired) electrons. The molecule has 0 fully saturated rings. The SMILES string of the molecule is CNc1nc(C(C)(C)C)nc(-c2cncc(F)c2)c1C. The predicted octanol–water partition coefficient (Wildman–Crippen LogP) is 3.33. The van der Waals surface area contributed by atoms with E-state index in [9.17, 15) is 4.39 Å². The zero-order valence-electron chi connectivity index (χ0n) is 12.5. The van der Waals surface area contributed by atoms with Crippen LogP contribution < -0.4 is 5.32 Å². The van der Waals surface area contributed by atoms with Crippen LogP contribution in [-0.2, 0) is 5.41 Å². The number of rotatable bonds is 2. The molecular weight excluding hydrogens is 255 g/mol. The van der Waals surface area contributed by atoms with Gasteiger partial charge in [0.25, 0.3) is 0 Å². The molecule has 2 aromatic rings. The molecule has 106 valence electrons. The van der Waals surface area contributed by atoms with Crippen molar-refractivity contribution in [3.8, 4) is 11.3 Å². The Balaban J connectivity index is 2.68. The Kier molecular flexibility index (Phi) is 3.70. The van der Waals surface area contributed by atoms with E-state index in [1.807, 2.05) is 34.7 Å². The molecule has 5 heteroatoms. The number of nitrogens with one attached hydrogen (secondary N) is 1. The normalized spacial score (nSPS) is 11.5. The van der Waals surface area contributed by atoms with Gasteiger partial charge < -0.3 is 5.32 Å². The highest BCUT2D eigenvalue weighted by Gasteiger charge is 2.21. The lowest BCUT2D eigenvalue weighted by Crippen LogP contribution is -2.18. The Hall–Kier alpha value is -2.04. The number of nitrogens with zero attached hydrogens (tertiary/aromatic N) is 3. The molecule has 2 rings (SSSR count). The molecule has 0 bridgehead atoms. The van der Waals surface area contributed by atoms with E-state index in [1.54, 1.807) is 6.20 Å². The fourth-order valence-electron chi connectivity index (χ4n) is 1.92. The lowest BCUT2D eigenvalue weighted by Gasteiger charge is -2.20. The smallest absolute Gasteiger partial charge is 0.142 e. The number of pyridine rings is 1. The average molecular weight is 274 g/mol. The Morgan fingerprint density at radius 3 is 2.40 bits per heavy atom. The molecular formula is C15H19FN4. The number of hydrogen-bond acceptors (Lipinski definition) is 4. The highest BCUT2D eigenvalue weighted by Crippen LogP contribution is 2.29. The van der Waals surface area contributed by atoms with E-state index in [2.05, 4.69) is 20.3 Å². The number of aromatic nitrogens is 3. The summed E-state index contributed by atoms with van der Waals surface area (Å²) in [6.07, 6.45) is 2.80. The predicted molar refractivity (Wildman–Crippen MR) is 78.2 cm³/mol. The minimum Gasteiger partial charge on any atom is -0.373 e. The van der Waals surface area contributed by atoms with Crippen molar-refractivity contribution in [2.24, 2.45) is 0 Å². The van der Waals surface area contributed by atoms with Crippen LogP contribution in [0.15, 0.2) is 18.5 Å². The minimum atomic E-state index is -0.371. The van der Waals surface area contributed by atoms with Crippen molar-refractivity contribution in [3.63, 3.8) is 0 Å². The van der Waals surface area contributed by atoms with Crippen LogP contribution in [0.3, 0.4) is 0 Å². The molecule has 20 heavy (non-hydrogen) atoms. The maximum atomic E-state index is 13.4. The van der Waals surface area contributed by atoms with Gasteiger partial charge in [-0.2, -0.15) is 0 Å². The van der Waals surface area contributed by atoms with E-state index in [4.69, 9.17) is 0 Å². The quantitative estimate of drug-likeness (QED) is 0.912. The Morgan fingerprint density at radius 1 is 1.15 bits per heavy atom. The second kappa shape index (κ2) is 5.15. The molecule has 2 aromatic heterocycles. The first kappa shape index (κ1) is 14.4. The molecule has 0 aromatic carbocycles. The average Bonchev–Trinajstić information content (AvgIpc) is 2.37. The van der Waals surface area contributed by atoms with Gasteiger partial charge in [0.2, 0.25) is 0 Å². The number of halogens is 1. The summed E-state index contributed by atoms with van der Waals surface area (Å²) in [6, 6.07) is 1.44. The van der Waals surface area contributed by atoms with Gasteiger partial charge in [-0.15, -0.1) is 0 Å². The van der Waals surface area contributed by atoms with Gasteiger partial charge in [0.15, 0.2) is 0 Å². The standard InChI is InChI=1S/C15H19FN4/c1-9-12(10-6-11(16)8-18-7-10)19-14(15(2,3)4)20-13(9)17-5/h6-8H,1-5H3,(H,17,19,20). The number of hydrogen-bond donors (Lipinski definition) is 1. The molecule has 0 amide bonds. The van der Waals surface area contributed by atoms with E-state index in [-0.39, 0.29) is 11.2 Å². The summed E-state index contributed by atoms with van der Waals surface area (Å²) in [4.78, 5) is 13.0. The molecule has 0 saturated carbocycles. The van der Waals surface area contributed by atoms with Crippen LogP contribution in [0.2, 0.25) is 0 Å². The van der Waals surface area contributed by atoms with E-state index in [1.165, 1.54) is 12.3 Å². The zero-order chi connectivity index (χ0) is 14.9. The highest BCUT2D eigenvalue weighted by atomic mass is 19.1. The summed E-state index contributed by atoms with van der Waals surface area (Å²) in [5.74, 6) is 1.10. The second-order valence-corrected chi connectivity index (χ2v) is 5.76. The largest absolute Gasteiger partial charge is 0.373 e. The monoisotopic (exact) mass is 274 g/mol. The van der Waals surface area contributed by atoms with E-state index in [0.717, 1.165) is 11.4 Å². The maximum absolute atomic E-state index is 13.4. The molecule has 0 saturated heterocycles. The minimum absolute atomic E-state index is 0.186. The van der Waals surface area contributed by atoms with E-state index >= 15 is 0 Å². The van der Waals surface area contributed by atoms with Crippen LogP contribution in [0.25, 0.3) is 11.3 Å². The Bertz CT molecular complexity index is 632. The van der Waals surface area contributed by atoms with Gasteiger partial charge in [-0.1, -0.05) is 20.8 Å². The third-order valence-electron chi connectivity index (χ3n) is 3.03. The first-order valence-electron chi connectivity index (χ1n) is 6.50. The topological polar surface area (TPSA) is 50.7 Å². The van der Waals surface area contributed by atoms with E-state index < -0.39 is 0 Å². The zero-order valence-corrected chi connectivity index (χ0v) is 12.5. The molecule has 0 spiro atoms. The van der Waals surface area contributed by atoms with Crippen molar-refractivity contribution in [1.29, 1.82) is 0 Å². The van der Waals surface area contributed by atoms with Gasteiger partial charge in [-0.05, 0) is 13.0 Å². The summed E-state index contributed by atoms with van der Waals surface area (Å²) < 4.78 is 13.4. The Morgan fingerprint density at radius 2 is 1.85 bits per heavy atom. The third-order valence-corrected chi connectivity index (χ3v) is 3.03.